The largest absolute Gasteiger partial charge is 0.338 e. The number of aromatic nitrogens is 5. The number of hydrogen-bond donors (Lipinski definition) is 0. The van der Waals surface area contributed by atoms with E-state index in [-0.39, 0.29) is 0 Å². The van der Waals surface area contributed by atoms with Crippen molar-refractivity contribution in [3.63, 3.8) is 0 Å². The molecule has 0 bridgehead atoms. The Labute approximate surface area is 119 Å². The van der Waals surface area contributed by atoms with E-state index >= 15 is 0 Å². The van der Waals surface area contributed by atoms with Gasteiger partial charge in [-0.1, -0.05) is 12.1 Å². The maximum atomic E-state index is 5.24. The fourth-order valence-corrected chi connectivity index (χ4v) is 2.02. The summed E-state index contributed by atoms with van der Waals surface area (Å²) in [6, 6.07) is 0.355. The highest BCUT2D eigenvalue weighted by Crippen LogP contribution is 2.10. The molecule has 0 fully saturated rings. The Morgan fingerprint density at radius 1 is 1.35 bits per heavy atom. The molecule has 0 radical (unpaired) electrons. The van der Waals surface area contributed by atoms with E-state index in [1.54, 1.807) is 6.33 Å². The van der Waals surface area contributed by atoms with E-state index in [9.17, 15) is 0 Å². The monoisotopic (exact) mass is 278 g/mol. The lowest BCUT2D eigenvalue weighted by atomic mass is 10.3. The average molecular weight is 278 g/mol. The normalized spacial score (nSPS) is 11.7. The summed E-state index contributed by atoms with van der Waals surface area (Å²) in [6.07, 6.45) is 3.64. The van der Waals surface area contributed by atoms with E-state index in [0.717, 1.165) is 24.5 Å². The zero-order valence-corrected chi connectivity index (χ0v) is 12.6. The summed E-state index contributed by atoms with van der Waals surface area (Å²) in [7, 11) is 2.00. The molecule has 2 rings (SSSR count). The van der Waals surface area contributed by atoms with Crippen molar-refractivity contribution in [1.82, 2.24) is 29.8 Å². The van der Waals surface area contributed by atoms with Crippen LogP contribution in [0.25, 0.3) is 0 Å². The Hall–Kier alpha value is -1.76. The molecule has 2 heterocycles. The molecule has 0 saturated heterocycles. The molecule has 0 atom stereocenters. The van der Waals surface area contributed by atoms with Gasteiger partial charge in [0.15, 0.2) is 5.82 Å². The van der Waals surface area contributed by atoms with Crippen molar-refractivity contribution >= 4 is 0 Å². The highest BCUT2D eigenvalue weighted by Gasteiger charge is 2.13. The third kappa shape index (κ3) is 3.63. The molecule has 0 saturated carbocycles. The van der Waals surface area contributed by atoms with E-state index in [2.05, 4.69) is 50.6 Å². The number of nitrogens with zero attached hydrogens (tertiary/aromatic N) is 6. The van der Waals surface area contributed by atoms with Crippen molar-refractivity contribution in [2.75, 3.05) is 7.05 Å². The standard InChI is InChI=1S/C13H22N6O/c1-5-6-11-15-13(20-17-11)8-18(4)7-12-16-14-9-19(12)10(2)3/h9-10H,5-8H2,1-4H3. The van der Waals surface area contributed by atoms with Gasteiger partial charge in [-0.25, -0.2) is 0 Å². The molecule has 0 aliphatic heterocycles. The lowest BCUT2D eigenvalue weighted by molar-refractivity contribution is 0.251. The van der Waals surface area contributed by atoms with Gasteiger partial charge in [0.2, 0.25) is 5.89 Å². The fraction of sp³-hybridized carbons (Fsp3) is 0.692. The highest BCUT2D eigenvalue weighted by molar-refractivity contribution is 4.90. The van der Waals surface area contributed by atoms with E-state index in [1.165, 1.54) is 0 Å². The van der Waals surface area contributed by atoms with E-state index in [1.807, 2.05) is 7.05 Å². The van der Waals surface area contributed by atoms with Crippen molar-refractivity contribution in [2.24, 2.45) is 0 Å². The summed E-state index contributed by atoms with van der Waals surface area (Å²) in [5, 5.41) is 12.1. The van der Waals surface area contributed by atoms with Crippen LogP contribution in [0.4, 0.5) is 0 Å². The van der Waals surface area contributed by atoms with Gasteiger partial charge in [0.25, 0.3) is 0 Å². The van der Waals surface area contributed by atoms with Crippen molar-refractivity contribution in [2.45, 2.75) is 52.7 Å². The molecular weight excluding hydrogens is 256 g/mol. The molecule has 0 amide bonds. The molecule has 2 aromatic heterocycles. The van der Waals surface area contributed by atoms with Crippen molar-refractivity contribution in [3.05, 3.63) is 23.9 Å². The third-order valence-corrected chi connectivity index (χ3v) is 3.00. The molecule has 0 spiro atoms. The van der Waals surface area contributed by atoms with Gasteiger partial charge in [-0.2, -0.15) is 4.98 Å². The van der Waals surface area contributed by atoms with Crippen LogP contribution in [0.3, 0.4) is 0 Å². The molecule has 0 unspecified atom stereocenters. The zero-order chi connectivity index (χ0) is 14.5. The predicted molar refractivity (Wildman–Crippen MR) is 73.9 cm³/mol. The predicted octanol–water partition coefficient (Wildman–Crippen LogP) is 1.83. The molecule has 0 aromatic carbocycles. The van der Waals surface area contributed by atoms with E-state index < -0.39 is 0 Å². The summed E-state index contributed by atoms with van der Waals surface area (Å²) >= 11 is 0. The van der Waals surface area contributed by atoms with Crippen molar-refractivity contribution in [1.29, 1.82) is 0 Å². The first-order valence-electron chi connectivity index (χ1n) is 6.98. The second-order valence-corrected chi connectivity index (χ2v) is 5.27. The van der Waals surface area contributed by atoms with Crippen LogP contribution in [0.5, 0.6) is 0 Å². The summed E-state index contributed by atoms with van der Waals surface area (Å²) in [4.78, 5) is 6.45. The van der Waals surface area contributed by atoms with Crippen LogP contribution in [0.2, 0.25) is 0 Å². The van der Waals surface area contributed by atoms with Crippen LogP contribution >= 0.6 is 0 Å². The first kappa shape index (κ1) is 14.6. The Bertz CT molecular complexity index is 532. The number of aryl methyl sites for hydroxylation is 1. The molecule has 2 aromatic rings. The first-order valence-corrected chi connectivity index (χ1v) is 6.98. The second kappa shape index (κ2) is 6.60. The maximum absolute atomic E-state index is 5.24. The van der Waals surface area contributed by atoms with E-state index in [4.69, 9.17) is 4.52 Å². The number of hydrogen-bond acceptors (Lipinski definition) is 6. The average Bonchev–Trinajstić information content (AvgIpc) is 2.99. The lowest BCUT2D eigenvalue weighted by Crippen LogP contribution is -2.20. The van der Waals surface area contributed by atoms with Crippen LogP contribution in [0, 0.1) is 0 Å². The van der Waals surface area contributed by atoms with Gasteiger partial charge >= 0.3 is 0 Å². The molecule has 0 aliphatic rings. The van der Waals surface area contributed by atoms with Gasteiger partial charge in [-0.15, -0.1) is 10.2 Å². The Kier molecular flexibility index (Phi) is 4.84. The molecule has 7 heteroatoms. The van der Waals surface area contributed by atoms with Crippen molar-refractivity contribution < 1.29 is 4.52 Å². The van der Waals surface area contributed by atoms with E-state index in [0.29, 0.717) is 25.0 Å². The second-order valence-electron chi connectivity index (χ2n) is 5.27. The van der Waals surface area contributed by atoms with Crippen LogP contribution in [-0.2, 0) is 19.5 Å². The van der Waals surface area contributed by atoms with Gasteiger partial charge < -0.3 is 9.09 Å². The third-order valence-electron chi connectivity index (χ3n) is 3.00. The minimum atomic E-state index is 0.355. The Morgan fingerprint density at radius 3 is 2.85 bits per heavy atom. The zero-order valence-electron chi connectivity index (χ0n) is 12.6. The minimum absolute atomic E-state index is 0.355. The van der Waals surface area contributed by atoms with Crippen LogP contribution in [0.1, 0.15) is 50.8 Å². The van der Waals surface area contributed by atoms with Gasteiger partial charge in [0.1, 0.15) is 12.2 Å². The highest BCUT2D eigenvalue weighted by atomic mass is 16.5. The smallest absolute Gasteiger partial charge is 0.240 e. The van der Waals surface area contributed by atoms with Gasteiger partial charge in [0.05, 0.1) is 13.1 Å². The molecule has 20 heavy (non-hydrogen) atoms. The van der Waals surface area contributed by atoms with Crippen molar-refractivity contribution in [3.8, 4) is 0 Å². The fourth-order valence-electron chi connectivity index (χ4n) is 2.02. The summed E-state index contributed by atoms with van der Waals surface area (Å²) < 4.78 is 7.30. The summed E-state index contributed by atoms with van der Waals surface area (Å²) in [5.41, 5.74) is 0. The molecular formula is C13H22N6O. The molecule has 0 aliphatic carbocycles. The lowest BCUT2D eigenvalue weighted by Gasteiger charge is -2.16. The minimum Gasteiger partial charge on any atom is -0.338 e. The van der Waals surface area contributed by atoms with Crippen LogP contribution < -0.4 is 0 Å². The summed E-state index contributed by atoms with van der Waals surface area (Å²) in [5.74, 6) is 2.36. The van der Waals surface area contributed by atoms with Crippen LogP contribution in [-0.4, -0.2) is 36.9 Å². The Balaban J connectivity index is 1.94. The van der Waals surface area contributed by atoms with Crippen LogP contribution in [0.15, 0.2) is 10.9 Å². The quantitative estimate of drug-likeness (QED) is 0.769. The Morgan fingerprint density at radius 2 is 2.15 bits per heavy atom. The molecule has 7 nitrogen and oxygen atoms in total. The first-order chi connectivity index (χ1) is 9.60. The molecule has 110 valence electrons. The number of rotatable bonds is 7. The van der Waals surface area contributed by atoms with Gasteiger partial charge in [-0.3, -0.25) is 4.90 Å². The van der Waals surface area contributed by atoms with Gasteiger partial charge in [0, 0.05) is 12.5 Å². The SMILES string of the molecule is CCCc1noc(CN(C)Cc2nncn2C(C)C)n1. The summed E-state index contributed by atoms with van der Waals surface area (Å²) in [6.45, 7) is 7.63. The van der Waals surface area contributed by atoms with Gasteiger partial charge in [-0.05, 0) is 27.3 Å². The molecule has 0 N–H and O–H groups in total. The topological polar surface area (TPSA) is 72.9 Å². The maximum Gasteiger partial charge on any atom is 0.240 e.